The Bertz CT molecular complexity index is 904. The van der Waals surface area contributed by atoms with Gasteiger partial charge < -0.3 is 24.5 Å². The lowest BCUT2D eigenvalue weighted by Crippen LogP contribution is -2.07. The summed E-state index contributed by atoms with van der Waals surface area (Å²) in [6.45, 7) is 0.529. The number of benzene rings is 1. The van der Waals surface area contributed by atoms with Gasteiger partial charge in [0.05, 0.1) is 32.6 Å². The van der Waals surface area contributed by atoms with Gasteiger partial charge in [0, 0.05) is 24.3 Å². The Kier molecular flexibility index (Phi) is 4.74. The van der Waals surface area contributed by atoms with E-state index in [1.54, 1.807) is 25.4 Å². The normalized spacial score (nSPS) is 10.5. The van der Waals surface area contributed by atoms with E-state index in [0.29, 0.717) is 29.3 Å². The number of hydrogen-bond acceptors (Lipinski definition) is 6. The largest absolute Gasteiger partial charge is 0.493 e. The molecule has 2 aromatic heterocycles. The number of fused-ring (bicyclic) bond motifs is 1. The number of aromatic nitrogens is 2. The van der Waals surface area contributed by atoms with Gasteiger partial charge in [0.15, 0.2) is 11.5 Å². The van der Waals surface area contributed by atoms with E-state index in [0.717, 1.165) is 16.6 Å². The lowest BCUT2D eigenvalue weighted by Gasteiger charge is -2.16. The van der Waals surface area contributed by atoms with Gasteiger partial charge in [-0.2, -0.15) is 0 Å². The van der Waals surface area contributed by atoms with Crippen molar-refractivity contribution in [2.75, 3.05) is 26.6 Å². The molecule has 0 aliphatic carbocycles. The van der Waals surface area contributed by atoms with Crippen molar-refractivity contribution in [2.24, 2.45) is 0 Å². The molecule has 25 heavy (non-hydrogen) atoms. The van der Waals surface area contributed by atoms with E-state index in [2.05, 4.69) is 15.3 Å². The number of hydrogen-bond donors (Lipinski definition) is 2. The summed E-state index contributed by atoms with van der Waals surface area (Å²) in [6.07, 6.45) is 3.60. The van der Waals surface area contributed by atoms with Crippen LogP contribution in [0.1, 0.15) is 15.9 Å². The summed E-state index contributed by atoms with van der Waals surface area (Å²) in [4.78, 5) is 19.3. The second-order valence-corrected chi connectivity index (χ2v) is 5.31. The van der Waals surface area contributed by atoms with Crippen molar-refractivity contribution in [2.45, 2.75) is 6.54 Å². The van der Waals surface area contributed by atoms with Crippen LogP contribution in [0.25, 0.3) is 11.0 Å². The van der Waals surface area contributed by atoms with E-state index >= 15 is 0 Å². The average molecular weight is 341 g/mol. The molecule has 2 heterocycles. The average Bonchev–Trinajstić information content (AvgIpc) is 3.14. The quantitative estimate of drug-likeness (QED) is 0.671. The molecular weight excluding hydrogens is 322 g/mol. The summed E-state index contributed by atoms with van der Waals surface area (Å²) in [5, 5.41) is 4.33. The Hall–Kier alpha value is -3.22. The van der Waals surface area contributed by atoms with E-state index in [9.17, 15) is 4.79 Å². The molecule has 0 unspecified atom stereocenters. The van der Waals surface area contributed by atoms with E-state index in [1.165, 1.54) is 14.2 Å². The van der Waals surface area contributed by atoms with Crippen LogP contribution in [0.2, 0.25) is 0 Å². The number of H-pyrrole nitrogens is 1. The van der Waals surface area contributed by atoms with Crippen LogP contribution in [0.4, 0.5) is 5.69 Å². The standard InChI is InChI=1S/C18H19N3O4/c1-23-15-9-12(18(22)25-3)8-14(16(15)24-2)21-10-11-4-6-19-17-13(11)5-7-20-17/h4-9,21H,10H2,1-3H3,(H,19,20). The van der Waals surface area contributed by atoms with Crippen molar-refractivity contribution in [1.29, 1.82) is 0 Å². The molecule has 2 N–H and O–H groups in total. The number of anilines is 1. The molecule has 0 aliphatic rings. The van der Waals surface area contributed by atoms with Crippen LogP contribution in [-0.2, 0) is 11.3 Å². The summed E-state index contributed by atoms with van der Waals surface area (Å²) in [6, 6.07) is 7.19. The maximum absolute atomic E-state index is 11.9. The highest BCUT2D eigenvalue weighted by atomic mass is 16.5. The van der Waals surface area contributed by atoms with Crippen LogP contribution in [0.3, 0.4) is 0 Å². The summed E-state index contributed by atoms with van der Waals surface area (Å²) in [5.74, 6) is 0.532. The minimum atomic E-state index is -0.444. The summed E-state index contributed by atoms with van der Waals surface area (Å²) < 4.78 is 15.6. The first kappa shape index (κ1) is 16.6. The Morgan fingerprint density at radius 2 is 2.04 bits per heavy atom. The molecular formula is C18H19N3O4. The van der Waals surface area contributed by atoms with Crippen LogP contribution in [0.15, 0.2) is 36.7 Å². The fourth-order valence-corrected chi connectivity index (χ4v) is 2.69. The number of aromatic amines is 1. The van der Waals surface area contributed by atoms with Gasteiger partial charge in [0.25, 0.3) is 0 Å². The van der Waals surface area contributed by atoms with Crippen LogP contribution >= 0.6 is 0 Å². The van der Waals surface area contributed by atoms with Crippen molar-refractivity contribution in [3.63, 3.8) is 0 Å². The number of esters is 1. The molecule has 130 valence electrons. The van der Waals surface area contributed by atoms with Gasteiger partial charge in [-0.15, -0.1) is 0 Å². The number of carbonyl (C=O) groups excluding carboxylic acids is 1. The molecule has 0 spiro atoms. The van der Waals surface area contributed by atoms with E-state index in [4.69, 9.17) is 14.2 Å². The fourth-order valence-electron chi connectivity index (χ4n) is 2.69. The van der Waals surface area contributed by atoms with Crippen molar-refractivity contribution in [3.05, 3.63) is 47.8 Å². The van der Waals surface area contributed by atoms with Crippen LogP contribution < -0.4 is 14.8 Å². The third-order valence-electron chi connectivity index (χ3n) is 3.92. The molecule has 0 amide bonds. The van der Waals surface area contributed by atoms with E-state index in [1.807, 2.05) is 18.3 Å². The zero-order valence-corrected chi connectivity index (χ0v) is 14.3. The number of methoxy groups -OCH3 is 3. The molecule has 0 fully saturated rings. The van der Waals surface area contributed by atoms with Gasteiger partial charge in [0.2, 0.25) is 0 Å². The van der Waals surface area contributed by atoms with Gasteiger partial charge in [-0.05, 0) is 29.8 Å². The maximum atomic E-state index is 11.9. The first-order valence-electron chi connectivity index (χ1n) is 7.67. The minimum absolute atomic E-state index is 0.379. The molecule has 1 aromatic carbocycles. The predicted molar refractivity (Wildman–Crippen MR) is 94.3 cm³/mol. The smallest absolute Gasteiger partial charge is 0.338 e. The van der Waals surface area contributed by atoms with E-state index in [-0.39, 0.29) is 0 Å². The molecule has 3 rings (SSSR count). The third kappa shape index (κ3) is 3.21. The highest BCUT2D eigenvalue weighted by Crippen LogP contribution is 2.37. The number of rotatable bonds is 6. The number of pyridine rings is 1. The molecule has 7 nitrogen and oxygen atoms in total. The second kappa shape index (κ2) is 7.12. The molecule has 0 aliphatic heterocycles. The molecule has 0 saturated heterocycles. The monoisotopic (exact) mass is 341 g/mol. The first-order chi connectivity index (χ1) is 12.2. The lowest BCUT2D eigenvalue weighted by molar-refractivity contribution is 0.0600. The number of ether oxygens (including phenoxy) is 3. The van der Waals surface area contributed by atoms with Gasteiger partial charge in [-0.3, -0.25) is 0 Å². The molecule has 0 bridgehead atoms. The molecule has 0 saturated carbocycles. The summed E-state index contributed by atoms with van der Waals surface area (Å²) in [7, 11) is 4.41. The van der Waals surface area contributed by atoms with Crippen LogP contribution in [-0.4, -0.2) is 37.3 Å². The van der Waals surface area contributed by atoms with E-state index < -0.39 is 5.97 Å². The minimum Gasteiger partial charge on any atom is -0.493 e. The Balaban J connectivity index is 1.95. The highest BCUT2D eigenvalue weighted by Gasteiger charge is 2.17. The van der Waals surface area contributed by atoms with Crippen molar-refractivity contribution < 1.29 is 19.0 Å². The van der Waals surface area contributed by atoms with Gasteiger partial charge in [0.1, 0.15) is 5.65 Å². The van der Waals surface area contributed by atoms with Crippen molar-refractivity contribution in [3.8, 4) is 11.5 Å². The topological polar surface area (TPSA) is 85.5 Å². The van der Waals surface area contributed by atoms with Crippen molar-refractivity contribution >= 4 is 22.7 Å². The Morgan fingerprint density at radius 3 is 2.76 bits per heavy atom. The molecule has 0 atom stereocenters. The van der Waals surface area contributed by atoms with Crippen LogP contribution in [0, 0.1) is 0 Å². The van der Waals surface area contributed by atoms with Crippen molar-refractivity contribution in [1.82, 2.24) is 9.97 Å². The SMILES string of the molecule is COC(=O)c1cc(NCc2ccnc3[nH]ccc23)c(OC)c(OC)c1. The zero-order valence-electron chi connectivity index (χ0n) is 14.3. The number of carbonyl (C=O) groups is 1. The molecule has 3 aromatic rings. The lowest BCUT2D eigenvalue weighted by atomic mass is 10.1. The van der Waals surface area contributed by atoms with Crippen LogP contribution in [0.5, 0.6) is 11.5 Å². The fraction of sp³-hybridized carbons (Fsp3) is 0.222. The zero-order chi connectivity index (χ0) is 17.8. The van der Waals surface area contributed by atoms with Gasteiger partial charge in [-0.1, -0.05) is 0 Å². The first-order valence-corrected chi connectivity index (χ1v) is 7.67. The highest BCUT2D eigenvalue weighted by molar-refractivity contribution is 5.92. The maximum Gasteiger partial charge on any atom is 0.338 e. The predicted octanol–water partition coefficient (Wildman–Crippen LogP) is 2.98. The summed E-state index contributed by atoms with van der Waals surface area (Å²) >= 11 is 0. The Morgan fingerprint density at radius 1 is 1.20 bits per heavy atom. The molecule has 0 radical (unpaired) electrons. The third-order valence-corrected chi connectivity index (χ3v) is 3.92. The van der Waals surface area contributed by atoms with Gasteiger partial charge >= 0.3 is 5.97 Å². The Labute approximate surface area is 144 Å². The summed E-state index contributed by atoms with van der Waals surface area (Å²) in [5.41, 5.74) is 2.91. The molecule has 7 heteroatoms. The number of nitrogens with zero attached hydrogens (tertiary/aromatic N) is 1. The second-order valence-electron chi connectivity index (χ2n) is 5.31. The van der Waals surface area contributed by atoms with Gasteiger partial charge in [-0.25, -0.2) is 9.78 Å². The number of nitrogens with one attached hydrogen (secondary N) is 2.